The zero-order valence-corrected chi connectivity index (χ0v) is 16.3. The first-order valence-electron chi connectivity index (χ1n) is 8.19. The molecule has 0 nitrogen and oxygen atoms in total. The van der Waals surface area contributed by atoms with Crippen LogP contribution < -0.4 is 0 Å². The molecule has 0 fully saturated rings. The zero-order chi connectivity index (χ0) is 15.4. The number of benzene rings is 2. The van der Waals surface area contributed by atoms with Gasteiger partial charge in [0.2, 0.25) is 0 Å². The average Bonchev–Trinajstić information content (AvgIpc) is 3.19. The Kier molecular flexibility index (Phi) is 6.78. The largest absolute Gasteiger partial charge is 2.00 e. The molecule has 4 rings (SSSR count). The topological polar surface area (TPSA) is 0 Å². The Balaban J connectivity index is 0.000000160. The van der Waals surface area contributed by atoms with Crippen LogP contribution in [0.15, 0.2) is 48.5 Å². The van der Waals surface area contributed by atoms with E-state index in [-0.39, 0.29) is 26.2 Å². The molecular weight excluding hydrogens is 355 g/mol. The van der Waals surface area contributed by atoms with Gasteiger partial charge in [-0.1, -0.05) is 74.9 Å². The minimum atomic E-state index is 0. The summed E-state index contributed by atoms with van der Waals surface area (Å²) in [5.41, 5.74) is 5.57. The van der Waals surface area contributed by atoms with Crippen molar-refractivity contribution >= 4 is 12.2 Å². The summed E-state index contributed by atoms with van der Waals surface area (Å²) in [4.78, 5) is 0. The van der Waals surface area contributed by atoms with Crippen molar-refractivity contribution in [1.82, 2.24) is 0 Å². The van der Waals surface area contributed by atoms with Crippen LogP contribution in [0.2, 0.25) is 0 Å². The van der Waals surface area contributed by atoms with Crippen molar-refractivity contribution in [3.05, 3.63) is 82.9 Å². The summed E-state index contributed by atoms with van der Waals surface area (Å²) in [6, 6.07) is 17.0. The smallest absolute Gasteiger partial charge is 0.268 e. The first kappa shape index (κ1) is 18.1. The van der Waals surface area contributed by atoms with E-state index < -0.39 is 0 Å². The molecule has 2 unspecified atom stereocenters. The van der Waals surface area contributed by atoms with Crippen molar-refractivity contribution in [1.29, 1.82) is 0 Å². The Labute approximate surface area is 159 Å². The molecule has 0 amide bonds. The molecule has 0 heterocycles. The second-order valence-corrected chi connectivity index (χ2v) is 5.80. The third kappa shape index (κ3) is 4.01. The SMILES string of the molecule is CCC1[C-]=Cc2ccccc21.CCC1[C-]=Cc2ccccc21.[Zr+2]. The number of hydrogen-bond acceptors (Lipinski definition) is 0. The molecule has 1 heteroatoms. The van der Waals surface area contributed by atoms with Gasteiger partial charge < -0.3 is 0 Å². The van der Waals surface area contributed by atoms with E-state index in [0.29, 0.717) is 11.8 Å². The first-order chi connectivity index (χ1) is 10.8. The minimum absolute atomic E-state index is 0. The predicted octanol–water partition coefficient (Wildman–Crippen LogP) is 6.02. The zero-order valence-electron chi connectivity index (χ0n) is 13.8. The molecule has 2 aliphatic carbocycles. The maximum absolute atomic E-state index is 3.35. The van der Waals surface area contributed by atoms with E-state index >= 15 is 0 Å². The fraction of sp³-hybridized carbons (Fsp3) is 0.273. The molecule has 0 aliphatic heterocycles. The van der Waals surface area contributed by atoms with E-state index in [4.69, 9.17) is 0 Å². The van der Waals surface area contributed by atoms with Crippen molar-refractivity contribution in [2.75, 3.05) is 0 Å². The van der Waals surface area contributed by atoms with Gasteiger partial charge in [-0.3, -0.25) is 12.2 Å². The van der Waals surface area contributed by atoms with Gasteiger partial charge in [-0.05, 0) is 0 Å². The second-order valence-electron chi connectivity index (χ2n) is 5.80. The summed E-state index contributed by atoms with van der Waals surface area (Å²) in [6.07, 6.45) is 13.2. The van der Waals surface area contributed by atoms with Gasteiger partial charge in [-0.15, -0.1) is 23.3 Å². The minimum Gasteiger partial charge on any atom is -0.268 e. The van der Waals surface area contributed by atoms with Gasteiger partial charge in [0.1, 0.15) is 0 Å². The van der Waals surface area contributed by atoms with Crippen LogP contribution in [0.1, 0.15) is 60.8 Å². The maximum Gasteiger partial charge on any atom is 2.00 e. The third-order valence-electron chi connectivity index (χ3n) is 4.44. The molecule has 2 aromatic rings. The molecule has 23 heavy (non-hydrogen) atoms. The van der Waals surface area contributed by atoms with E-state index in [9.17, 15) is 0 Å². The van der Waals surface area contributed by atoms with Crippen molar-refractivity contribution in [2.45, 2.75) is 38.5 Å². The molecule has 2 aromatic carbocycles. The summed E-state index contributed by atoms with van der Waals surface area (Å²) in [7, 11) is 0. The summed E-state index contributed by atoms with van der Waals surface area (Å²) >= 11 is 0. The summed E-state index contributed by atoms with van der Waals surface area (Å²) in [6.45, 7) is 4.40. The Morgan fingerprint density at radius 2 is 1.09 bits per heavy atom. The van der Waals surface area contributed by atoms with Crippen LogP contribution in [0.25, 0.3) is 12.2 Å². The normalized spacial score (nSPS) is 19.4. The Bertz CT molecular complexity index is 635. The molecule has 0 saturated carbocycles. The van der Waals surface area contributed by atoms with E-state index in [1.807, 2.05) is 0 Å². The monoisotopic (exact) mass is 376 g/mol. The van der Waals surface area contributed by atoms with E-state index in [0.717, 1.165) is 12.8 Å². The van der Waals surface area contributed by atoms with Gasteiger partial charge in [0, 0.05) is 0 Å². The molecule has 2 aliphatic rings. The Hall–Kier alpha value is -1.20. The molecule has 0 saturated heterocycles. The van der Waals surface area contributed by atoms with E-state index in [1.165, 1.54) is 22.3 Å². The summed E-state index contributed by atoms with van der Waals surface area (Å²) in [5.74, 6) is 1.09. The van der Waals surface area contributed by atoms with Crippen molar-refractivity contribution < 1.29 is 26.2 Å². The number of fused-ring (bicyclic) bond motifs is 2. The Morgan fingerprint density at radius 1 is 0.696 bits per heavy atom. The van der Waals surface area contributed by atoms with Gasteiger partial charge >= 0.3 is 26.2 Å². The van der Waals surface area contributed by atoms with Crippen LogP contribution in [0.4, 0.5) is 0 Å². The number of hydrogen-bond donors (Lipinski definition) is 0. The number of allylic oxidation sites excluding steroid dienone is 2. The quantitative estimate of drug-likeness (QED) is 0.562. The summed E-state index contributed by atoms with van der Waals surface area (Å²) < 4.78 is 0. The molecule has 114 valence electrons. The number of rotatable bonds is 2. The average molecular weight is 378 g/mol. The van der Waals surface area contributed by atoms with E-state index in [1.54, 1.807) is 0 Å². The van der Waals surface area contributed by atoms with Crippen LogP contribution in [0, 0.1) is 12.2 Å². The van der Waals surface area contributed by atoms with Crippen LogP contribution in [0.3, 0.4) is 0 Å². The van der Waals surface area contributed by atoms with Crippen LogP contribution in [0.5, 0.6) is 0 Å². The predicted molar refractivity (Wildman–Crippen MR) is 94.4 cm³/mol. The first-order valence-corrected chi connectivity index (χ1v) is 8.19. The molecular formula is C22H22Zr. The van der Waals surface area contributed by atoms with Gasteiger partial charge in [0.05, 0.1) is 0 Å². The molecule has 2 atom stereocenters. The maximum atomic E-state index is 3.35. The van der Waals surface area contributed by atoms with Crippen molar-refractivity contribution in [2.24, 2.45) is 0 Å². The standard InChI is InChI=1S/2C11H11.Zr/c2*1-2-9-7-8-10-5-3-4-6-11(9)10;/h2*3-6,8-9H,2H2,1H3;/q2*-1;+2. The molecule has 0 N–H and O–H groups in total. The van der Waals surface area contributed by atoms with Gasteiger partial charge in [0.15, 0.2) is 0 Å². The Morgan fingerprint density at radius 3 is 1.48 bits per heavy atom. The van der Waals surface area contributed by atoms with Crippen LogP contribution in [-0.2, 0) is 26.2 Å². The third-order valence-corrected chi connectivity index (χ3v) is 4.44. The van der Waals surface area contributed by atoms with Gasteiger partial charge in [0.25, 0.3) is 0 Å². The van der Waals surface area contributed by atoms with Crippen LogP contribution in [-0.4, -0.2) is 0 Å². The molecule has 0 radical (unpaired) electrons. The second kappa shape index (κ2) is 8.60. The van der Waals surface area contributed by atoms with Crippen molar-refractivity contribution in [3.63, 3.8) is 0 Å². The molecule has 0 spiro atoms. The summed E-state index contributed by atoms with van der Waals surface area (Å²) in [5, 5.41) is 0. The van der Waals surface area contributed by atoms with Crippen molar-refractivity contribution in [3.8, 4) is 0 Å². The van der Waals surface area contributed by atoms with E-state index in [2.05, 4.69) is 86.7 Å². The fourth-order valence-corrected chi connectivity index (χ4v) is 3.16. The fourth-order valence-electron chi connectivity index (χ4n) is 3.16. The van der Waals surface area contributed by atoms with Gasteiger partial charge in [-0.25, -0.2) is 12.2 Å². The molecule has 0 bridgehead atoms. The molecule has 0 aromatic heterocycles. The van der Waals surface area contributed by atoms with Gasteiger partial charge in [-0.2, -0.15) is 11.1 Å². The van der Waals surface area contributed by atoms with Crippen LogP contribution >= 0.6 is 0 Å².